The molecule has 104 valence electrons. The number of hydrogen-bond donors (Lipinski definition) is 0. The smallest absolute Gasteiger partial charge is 0.182 e. The quantitative estimate of drug-likeness (QED) is 0.752. The predicted octanol–water partition coefficient (Wildman–Crippen LogP) is 3.70. The van der Waals surface area contributed by atoms with Crippen LogP contribution in [0, 0.1) is 0 Å². The third-order valence-corrected chi connectivity index (χ3v) is 4.61. The molecule has 1 atom stereocenters. The second kappa shape index (κ2) is 5.87. The Balaban J connectivity index is 2.23. The number of benzene rings is 1. The molecule has 0 saturated carbocycles. The molecule has 1 aliphatic rings. The Morgan fingerprint density at radius 3 is 2.21 bits per heavy atom. The van der Waals surface area contributed by atoms with E-state index in [2.05, 4.69) is 37.8 Å². The Labute approximate surface area is 116 Å². The third-order valence-electron chi connectivity index (χ3n) is 4.61. The number of likely N-dealkylation sites (tertiary alicyclic amines) is 1. The molecule has 1 saturated heterocycles. The van der Waals surface area contributed by atoms with Crippen LogP contribution in [0.1, 0.15) is 56.0 Å². The molecule has 1 fully saturated rings. The first-order valence-corrected chi connectivity index (χ1v) is 7.50. The Morgan fingerprint density at radius 2 is 1.74 bits per heavy atom. The van der Waals surface area contributed by atoms with E-state index < -0.39 is 0 Å². The molecule has 1 unspecified atom stereocenters. The van der Waals surface area contributed by atoms with E-state index in [-0.39, 0.29) is 11.3 Å². The zero-order valence-corrected chi connectivity index (χ0v) is 12.4. The zero-order valence-electron chi connectivity index (χ0n) is 12.4. The van der Waals surface area contributed by atoms with Gasteiger partial charge in [-0.3, -0.25) is 9.69 Å². The number of rotatable bonds is 5. The Kier molecular flexibility index (Phi) is 4.41. The maximum atomic E-state index is 12.8. The molecule has 0 bridgehead atoms. The highest BCUT2D eigenvalue weighted by atomic mass is 16.1. The van der Waals surface area contributed by atoms with Crippen molar-refractivity contribution in [3.63, 3.8) is 0 Å². The van der Waals surface area contributed by atoms with Crippen LogP contribution in [0.3, 0.4) is 0 Å². The summed E-state index contributed by atoms with van der Waals surface area (Å²) >= 11 is 0. The van der Waals surface area contributed by atoms with Crippen molar-refractivity contribution in [1.29, 1.82) is 0 Å². The lowest BCUT2D eigenvalue weighted by Crippen LogP contribution is -2.50. The first-order valence-electron chi connectivity index (χ1n) is 7.50. The molecular formula is C17H25NO. The van der Waals surface area contributed by atoms with E-state index in [0.29, 0.717) is 0 Å². The molecule has 1 aromatic carbocycles. The number of carbonyl (C=O) groups excluding carboxylic acids is 1. The molecule has 2 nitrogen and oxygen atoms in total. The highest BCUT2D eigenvalue weighted by Crippen LogP contribution is 2.28. The van der Waals surface area contributed by atoms with Crippen molar-refractivity contribution in [1.82, 2.24) is 4.90 Å². The van der Waals surface area contributed by atoms with Gasteiger partial charge in [0.25, 0.3) is 0 Å². The maximum Gasteiger partial charge on any atom is 0.182 e. The summed E-state index contributed by atoms with van der Waals surface area (Å²) < 4.78 is 0. The Hall–Kier alpha value is -1.15. The number of nitrogens with zero attached hydrogens (tertiary/aromatic N) is 1. The van der Waals surface area contributed by atoms with Crippen LogP contribution in [-0.4, -0.2) is 29.3 Å². The van der Waals surface area contributed by atoms with Crippen LogP contribution in [0.5, 0.6) is 0 Å². The van der Waals surface area contributed by atoms with E-state index in [0.717, 1.165) is 31.5 Å². The van der Waals surface area contributed by atoms with Crippen molar-refractivity contribution >= 4 is 5.78 Å². The fourth-order valence-electron chi connectivity index (χ4n) is 2.94. The van der Waals surface area contributed by atoms with Gasteiger partial charge >= 0.3 is 0 Å². The van der Waals surface area contributed by atoms with E-state index in [4.69, 9.17) is 0 Å². The van der Waals surface area contributed by atoms with Gasteiger partial charge in [-0.05, 0) is 51.3 Å². The summed E-state index contributed by atoms with van der Waals surface area (Å²) in [6, 6.07) is 8.14. The van der Waals surface area contributed by atoms with Gasteiger partial charge in [-0.2, -0.15) is 0 Å². The van der Waals surface area contributed by atoms with Gasteiger partial charge in [0, 0.05) is 5.56 Å². The minimum absolute atomic E-state index is 0.277. The first-order chi connectivity index (χ1) is 9.11. The van der Waals surface area contributed by atoms with Crippen LogP contribution in [0.2, 0.25) is 0 Å². The Bertz CT molecular complexity index is 431. The topological polar surface area (TPSA) is 20.3 Å². The standard InChI is InChI=1S/C17H25NO/c1-4-14-8-10-15(11-9-14)16(19)17(3,5-2)18-12-6-7-13-18/h8-11H,4-7,12-13H2,1-3H3. The fourth-order valence-corrected chi connectivity index (χ4v) is 2.94. The van der Waals surface area contributed by atoms with Crippen LogP contribution in [0.25, 0.3) is 0 Å². The summed E-state index contributed by atoms with van der Waals surface area (Å²) in [6.07, 6.45) is 4.34. The predicted molar refractivity (Wildman–Crippen MR) is 79.7 cm³/mol. The second-order valence-electron chi connectivity index (χ2n) is 5.70. The van der Waals surface area contributed by atoms with Gasteiger partial charge in [-0.15, -0.1) is 0 Å². The van der Waals surface area contributed by atoms with Gasteiger partial charge in [0.2, 0.25) is 0 Å². The van der Waals surface area contributed by atoms with Crippen molar-refractivity contribution in [2.45, 2.75) is 52.0 Å². The van der Waals surface area contributed by atoms with E-state index in [1.165, 1.54) is 18.4 Å². The molecule has 1 heterocycles. The highest BCUT2D eigenvalue weighted by molar-refractivity contribution is 6.03. The van der Waals surface area contributed by atoms with E-state index in [1.807, 2.05) is 12.1 Å². The number of ketones is 1. The van der Waals surface area contributed by atoms with E-state index in [1.54, 1.807) is 0 Å². The van der Waals surface area contributed by atoms with Crippen molar-refractivity contribution in [2.24, 2.45) is 0 Å². The van der Waals surface area contributed by atoms with Crippen LogP contribution in [0.15, 0.2) is 24.3 Å². The van der Waals surface area contributed by atoms with Gasteiger partial charge in [-0.25, -0.2) is 0 Å². The van der Waals surface area contributed by atoms with Gasteiger partial charge in [0.05, 0.1) is 5.54 Å². The molecule has 1 aliphatic heterocycles. The van der Waals surface area contributed by atoms with Crippen molar-refractivity contribution < 1.29 is 4.79 Å². The largest absolute Gasteiger partial charge is 0.292 e. The molecule has 2 heteroatoms. The molecular weight excluding hydrogens is 234 g/mol. The molecule has 1 aromatic rings. The van der Waals surface area contributed by atoms with Crippen LogP contribution in [0.4, 0.5) is 0 Å². The number of carbonyl (C=O) groups is 1. The lowest BCUT2D eigenvalue weighted by Gasteiger charge is -2.36. The van der Waals surface area contributed by atoms with Crippen LogP contribution >= 0.6 is 0 Å². The molecule has 0 spiro atoms. The van der Waals surface area contributed by atoms with E-state index in [9.17, 15) is 4.79 Å². The molecule has 0 aliphatic carbocycles. The molecule has 0 aromatic heterocycles. The number of Topliss-reactive ketones (excluding diaryl/α,β-unsaturated/α-hetero) is 1. The summed E-state index contributed by atoms with van der Waals surface area (Å²) in [6.45, 7) is 8.48. The molecule has 0 radical (unpaired) electrons. The first kappa shape index (κ1) is 14.3. The zero-order chi connectivity index (χ0) is 13.9. The average Bonchev–Trinajstić information content (AvgIpc) is 3.00. The molecule has 19 heavy (non-hydrogen) atoms. The summed E-state index contributed by atoms with van der Waals surface area (Å²) in [7, 11) is 0. The summed E-state index contributed by atoms with van der Waals surface area (Å²) in [5, 5.41) is 0. The number of aryl methyl sites for hydroxylation is 1. The summed E-state index contributed by atoms with van der Waals surface area (Å²) in [5.74, 6) is 0.277. The van der Waals surface area contributed by atoms with Gasteiger partial charge in [-0.1, -0.05) is 38.1 Å². The summed E-state index contributed by atoms with van der Waals surface area (Å²) in [5.41, 5.74) is 1.81. The SMILES string of the molecule is CCc1ccc(C(=O)C(C)(CC)N2CCCC2)cc1. The van der Waals surface area contributed by atoms with Crippen molar-refractivity contribution in [2.75, 3.05) is 13.1 Å². The summed E-state index contributed by atoms with van der Waals surface area (Å²) in [4.78, 5) is 15.2. The van der Waals surface area contributed by atoms with Crippen molar-refractivity contribution in [3.8, 4) is 0 Å². The fraction of sp³-hybridized carbons (Fsp3) is 0.588. The van der Waals surface area contributed by atoms with Gasteiger partial charge < -0.3 is 0 Å². The second-order valence-corrected chi connectivity index (χ2v) is 5.70. The lowest BCUT2D eigenvalue weighted by atomic mass is 9.86. The normalized spacial score (nSPS) is 19.3. The Morgan fingerprint density at radius 1 is 1.16 bits per heavy atom. The molecule has 0 N–H and O–H groups in total. The molecule has 0 amide bonds. The maximum absolute atomic E-state index is 12.8. The van der Waals surface area contributed by atoms with Crippen LogP contribution in [-0.2, 0) is 6.42 Å². The highest BCUT2D eigenvalue weighted by Gasteiger charge is 2.39. The molecule has 2 rings (SSSR count). The minimum atomic E-state index is -0.329. The monoisotopic (exact) mass is 259 g/mol. The van der Waals surface area contributed by atoms with Crippen LogP contribution < -0.4 is 0 Å². The third kappa shape index (κ3) is 2.74. The van der Waals surface area contributed by atoms with Gasteiger partial charge in [0.15, 0.2) is 5.78 Å². The van der Waals surface area contributed by atoms with Crippen molar-refractivity contribution in [3.05, 3.63) is 35.4 Å². The van der Waals surface area contributed by atoms with Gasteiger partial charge in [0.1, 0.15) is 0 Å². The van der Waals surface area contributed by atoms with E-state index >= 15 is 0 Å². The lowest BCUT2D eigenvalue weighted by molar-refractivity contribution is 0.0647. The average molecular weight is 259 g/mol. The number of hydrogen-bond acceptors (Lipinski definition) is 2. The minimum Gasteiger partial charge on any atom is -0.292 e.